The minimum absolute atomic E-state index is 0.172. The predicted octanol–water partition coefficient (Wildman–Crippen LogP) is 2.00. The van der Waals surface area contributed by atoms with E-state index in [-0.39, 0.29) is 5.97 Å². The molecule has 0 aromatic carbocycles. The molecule has 0 aromatic rings. The molecule has 2 rings (SSSR count). The summed E-state index contributed by atoms with van der Waals surface area (Å²) < 4.78 is 4.99. The quantitative estimate of drug-likeness (QED) is 0.715. The Balaban J connectivity index is 2.08. The van der Waals surface area contributed by atoms with Crippen molar-refractivity contribution in [2.75, 3.05) is 19.7 Å². The van der Waals surface area contributed by atoms with E-state index in [1.807, 2.05) is 19.1 Å². The Labute approximate surface area is 108 Å². The number of piperidine rings is 1. The van der Waals surface area contributed by atoms with Crippen molar-refractivity contribution in [1.29, 1.82) is 5.26 Å². The first kappa shape index (κ1) is 12.7. The maximum absolute atomic E-state index is 11.5. The first-order valence-electron chi connectivity index (χ1n) is 6.46. The average molecular weight is 246 g/mol. The van der Waals surface area contributed by atoms with Gasteiger partial charge in [0.2, 0.25) is 0 Å². The van der Waals surface area contributed by atoms with E-state index >= 15 is 0 Å². The van der Waals surface area contributed by atoms with Crippen molar-refractivity contribution in [2.24, 2.45) is 5.92 Å². The fourth-order valence-corrected chi connectivity index (χ4v) is 2.65. The first-order valence-corrected chi connectivity index (χ1v) is 6.46. The zero-order chi connectivity index (χ0) is 13.0. The summed E-state index contributed by atoms with van der Waals surface area (Å²) in [6.45, 7) is 3.47. The summed E-state index contributed by atoms with van der Waals surface area (Å²) in [7, 11) is 0. The molecule has 4 heteroatoms. The Kier molecular flexibility index (Phi) is 4.03. The average Bonchev–Trinajstić information content (AvgIpc) is 2.38. The predicted molar refractivity (Wildman–Crippen MR) is 67.3 cm³/mol. The number of hydrogen-bond donors (Lipinski definition) is 0. The van der Waals surface area contributed by atoms with E-state index in [2.05, 4.69) is 11.0 Å². The maximum atomic E-state index is 11.5. The third-order valence-electron chi connectivity index (χ3n) is 3.45. The van der Waals surface area contributed by atoms with Crippen molar-refractivity contribution >= 4 is 5.97 Å². The van der Waals surface area contributed by atoms with Crippen molar-refractivity contribution in [2.45, 2.75) is 26.2 Å². The van der Waals surface area contributed by atoms with Gasteiger partial charge in [-0.05, 0) is 38.3 Å². The number of carbonyl (C=O) groups excluding carboxylic acids is 1. The molecule has 96 valence electrons. The zero-order valence-corrected chi connectivity index (χ0v) is 10.7. The molecule has 1 aliphatic carbocycles. The summed E-state index contributed by atoms with van der Waals surface area (Å²) in [4.78, 5) is 13.6. The van der Waals surface area contributed by atoms with Crippen molar-refractivity contribution in [3.63, 3.8) is 0 Å². The van der Waals surface area contributed by atoms with Gasteiger partial charge in [0.05, 0.1) is 12.7 Å². The summed E-state index contributed by atoms with van der Waals surface area (Å²) >= 11 is 0. The highest BCUT2D eigenvalue weighted by Crippen LogP contribution is 2.34. The maximum Gasteiger partial charge on any atom is 0.325 e. The molecule has 4 nitrogen and oxygen atoms in total. The monoisotopic (exact) mass is 246 g/mol. The van der Waals surface area contributed by atoms with E-state index in [9.17, 15) is 4.79 Å². The Morgan fingerprint density at radius 2 is 2.44 bits per heavy atom. The molecule has 1 fully saturated rings. The largest absolute Gasteiger partial charge is 0.465 e. The highest BCUT2D eigenvalue weighted by molar-refractivity contribution is 5.72. The van der Waals surface area contributed by atoms with Crippen LogP contribution in [0.3, 0.4) is 0 Å². The fraction of sp³-hybridized carbons (Fsp3) is 0.571. The highest BCUT2D eigenvalue weighted by Gasteiger charge is 2.28. The molecule has 0 saturated carbocycles. The van der Waals surface area contributed by atoms with Crippen molar-refractivity contribution in [3.05, 3.63) is 23.4 Å². The van der Waals surface area contributed by atoms with E-state index in [0.717, 1.165) is 31.4 Å². The van der Waals surface area contributed by atoms with Crippen LogP contribution in [-0.4, -0.2) is 30.6 Å². The summed E-state index contributed by atoms with van der Waals surface area (Å²) in [6, 6.07) is 2.22. The molecule has 0 amide bonds. The Bertz CT molecular complexity index is 432. The molecule has 1 heterocycles. The molecule has 1 atom stereocenters. The van der Waals surface area contributed by atoms with E-state index in [1.165, 1.54) is 5.70 Å². The smallest absolute Gasteiger partial charge is 0.325 e. The van der Waals surface area contributed by atoms with Gasteiger partial charge in [0.1, 0.15) is 6.54 Å². The number of nitriles is 1. The third-order valence-corrected chi connectivity index (χ3v) is 3.45. The Hall–Kier alpha value is -1.76. The highest BCUT2D eigenvalue weighted by atomic mass is 16.5. The van der Waals surface area contributed by atoms with Crippen LogP contribution < -0.4 is 0 Å². The minimum Gasteiger partial charge on any atom is -0.465 e. The molecule has 18 heavy (non-hydrogen) atoms. The second-order valence-corrected chi connectivity index (χ2v) is 4.67. The molecule has 0 radical (unpaired) electrons. The molecule has 0 N–H and O–H groups in total. The van der Waals surface area contributed by atoms with Gasteiger partial charge in [0.15, 0.2) is 0 Å². The lowest BCUT2D eigenvalue weighted by Crippen LogP contribution is -2.38. The van der Waals surface area contributed by atoms with Gasteiger partial charge < -0.3 is 9.64 Å². The third kappa shape index (κ3) is 2.73. The normalized spacial score (nSPS) is 22.4. The lowest BCUT2D eigenvalue weighted by Gasteiger charge is -2.37. The van der Waals surface area contributed by atoms with Crippen LogP contribution >= 0.6 is 0 Å². The van der Waals surface area contributed by atoms with Crippen LogP contribution in [0.15, 0.2) is 23.4 Å². The topological polar surface area (TPSA) is 53.3 Å². The molecular weight excluding hydrogens is 228 g/mol. The zero-order valence-electron chi connectivity index (χ0n) is 10.7. The SMILES string of the molecule is CCOC(=O)CN1CCCC2CC(C#N)=CC=C21. The van der Waals surface area contributed by atoms with Crippen LogP contribution in [0.25, 0.3) is 0 Å². The minimum atomic E-state index is -0.172. The molecule has 0 bridgehead atoms. The van der Waals surface area contributed by atoms with Gasteiger partial charge in [-0.3, -0.25) is 4.79 Å². The molecule has 1 unspecified atom stereocenters. The number of allylic oxidation sites excluding steroid dienone is 4. The van der Waals surface area contributed by atoms with E-state index in [0.29, 0.717) is 19.1 Å². The van der Waals surface area contributed by atoms with Gasteiger partial charge in [-0.2, -0.15) is 5.26 Å². The van der Waals surface area contributed by atoms with Crippen molar-refractivity contribution < 1.29 is 9.53 Å². The van der Waals surface area contributed by atoms with Gasteiger partial charge in [-0.25, -0.2) is 0 Å². The van der Waals surface area contributed by atoms with Crippen LogP contribution in [0.4, 0.5) is 0 Å². The summed E-state index contributed by atoms with van der Waals surface area (Å²) in [5.41, 5.74) is 2.02. The van der Waals surface area contributed by atoms with Crippen LogP contribution in [0.2, 0.25) is 0 Å². The Morgan fingerprint density at radius 3 is 3.17 bits per heavy atom. The summed E-state index contributed by atoms with van der Waals surface area (Å²) in [5, 5.41) is 8.93. The van der Waals surface area contributed by atoms with Crippen LogP contribution in [0.1, 0.15) is 26.2 Å². The van der Waals surface area contributed by atoms with E-state index < -0.39 is 0 Å². The number of fused-ring (bicyclic) bond motifs is 1. The number of hydrogen-bond acceptors (Lipinski definition) is 4. The number of carbonyl (C=O) groups is 1. The summed E-state index contributed by atoms with van der Waals surface area (Å²) in [6.07, 6.45) is 6.84. The van der Waals surface area contributed by atoms with Gasteiger partial charge in [-0.1, -0.05) is 0 Å². The van der Waals surface area contributed by atoms with Crippen LogP contribution in [0.5, 0.6) is 0 Å². The molecular formula is C14H18N2O2. The molecule has 0 spiro atoms. The number of ether oxygens (including phenoxy) is 1. The Morgan fingerprint density at radius 1 is 1.61 bits per heavy atom. The van der Waals surface area contributed by atoms with Gasteiger partial charge in [0.25, 0.3) is 0 Å². The van der Waals surface area contributed by atoms with E-state index in [1.54, 1.807) is 0 Å². The van der Waals surface area contributed by atoms with Crippen molar-refractivity contribution in [3.8, 4) is 6.07 Å². The first-order chi connectivity index (χ1) is 8.74. The van der Waals surface area contributed by atoms with Gasteiger partial charge in [-0.15, -0.1) is 0 Å². The number of nitrogens with zero attached hydrogens (tertiary/aromatic N) is 2. The lowest BCUT2D eigenvalue weighted by molar-refractivity contribution is -0.144. The van der Waals surface area contributed by atoms with Gasteiger partial charge in [0, 0.05) is 23.7 Å². The van der Waals surface area contributed by atoms with Crippen molar-refractivity contribution in [1.82, 2.24) is 4.90 Å². The van der Waals surface area contributed by atoms with Gasteiger partial charge >= 0.3 is 5.97 Å². The fourth-order valence-electron chi connectivity index (χ4n) is 2.65. The van der Waals surface area contributed by atoms with E-state index in [4.69, 9.17) is 10.00 Å². The summed E-state index contributed by atoms with van der Waals surface area (Å²) in [5.74, 6) is 0.224. The molecule has 1 aliphatic heterocycles. The number of esters is 1. The van der Waals surface area contributed by atoms with Crippen LogP contribution in [0, 0.1) is 17.2 Å². The number of rotatable bonds is 3. The molecule has 0 aromatic heterocycles. The molecule has 1 saturated heterocycles. The standard InChI is InChI=1S/C14H18N2O2/c1-2-18-14(17)10-16-7-3-4-12-8-11(9-15)5-6-13(12)16/h5-6,12H,2-4,7-8,10H2,1H3. The number of likely N-dealkylation sites (tertiary alicyclic amines) is 1. The second kappa shape index (κ2) is 5.72. The lowest BCUT2D eigenvalue weighted by atomic mass is 9.84. The van der Waals surface area contributed by atoms with Crippen LogP contribution in [-0.2, 0) is 9.53 Å². The molecule has 2 aliphatic rings. The second-order valence-electron chi connectivity index (χ2n) is 4.67.